The van der Waals surface area contributed by atoms with E-state index >= 15 is 0 Å². The highest BCUT2D eigenvalue weighted by molar-refractivity contribution is 5.90. The number of rotatable bonds is 4. The predicted molar refractivity (Wildman–Crippen MR) is 71.6 cm³/mol. The van der Waals surface area contributed by atoms with E-state index in [0.717, 1.165) is 32.1 Å². The molecule has 1 amide bonds. The zero-order chi connectivity index (χ0) is 13.8. The molecule has 0 spiro atoms. The molecule has 0 heterocycles. The Kier molecular flexibility index (Phi) is 4.99. The summed E-state index contributed by atoms with van der Waals surface area (Å²) in [5.74, 6) is 0.721. The van der Waals surface area contributed by atoms with E-state index in [1.54, 1.807) is 13.8 Å². The summed E-state index contributed by atoms with van der Waals surface area (Å²) in [6, 6.07) is 0. The molecule has 18 heavy (non-hydrogen) atoms. The average molecular weight is 255 g/mol. The minimum Gasteiger partial charge on any atom is -0.447 e. The smallest absolute Gasteiger partial charge is 0.408 e. The number of ether oxygens (including phenoxy) is 1. The summed E-state index contributed by atoms with van der Waals surface area (Å²) in [6.45, 7) is 5.77. The lowest BCUT2D eigenvalue weighted by atomic mass is 9.75. The summed E-state index contributed by atoms with van der Waals surface area (Å²) in [6.07, 6.45) is 3.96. The Morgan fingerprint density at radius 2 is 2.06 bits per heavy atom. The number of nitrogens with two attached hydrogens (primary N) is 1. The highest BCUT2D eigenvalue weighted by Crippen LogP contribution is 2.33. The largest absolute Gasteiger partial charge is 0.447 e. The number of hydrogen-bond donors (Lipinski definition) is 3. The van der Waals surface area contributed by atoms with Crippen LogP contribution in [0.15, 0.2) is 0 Å². The molecule has 4 N–H and O–H groups in total. The molecule has 1 aliphatic carbocycles. The first-order valence-electron chi connectivity index (χ1n) is 6.73. The number of hydrogen-bond acceptors (Lipinski definition) is 3. The first-order chi connectivity index (χ1) is 8.39. The van der Waals surface area contributed by atoms with Crippen LogP contribution >= 0.6 is 0 Å². The number of carbonyl (C=O) groups is 1. The lowest BCUT2D eigenvalue weighted by molar-refractivity contribution is 0.103. The fourth-order valence-corrected chi connectivity index (χ4v) is 2.48. The molecule has 1 fully saturated rings. The van der Waals surface area contributed by atoms with Crippen molar-refractivity contribution in [2.75, 3.05) is 0 Å². The third-order valence-electron chi connectivity index (χ3n) is 3.74. The maximum absolute atomic E-state index is 11.7. The van der Waals surface area contributed by atoms with E-state index in [2.05, 4.69) is 12.2 Å². The number of nitrogens with one attached hydrogen (secondary N) is 2. The number of amides is 1. The molecule has 0 unspecified atom stereocenters. The molecule has 5 nitrogen and oxygen atoms in total. The van der Waals surface area contributed by atoms with E-state index in [4.69, 9.17) is 15.9 Å². The second-order valence-corrected chi connectivity index (χ2v) is 5.43. The quantitative estimate of drug-likeness (QED) is 0.532. The Bertz CT molecular complexity index is 307. The Morgan fingerprint density at radius 1 is 1.50 bits per heavy atom. The third-order valence-corrected chi connectivity index (χ3v) is 3.74. The highest BCUT2D eigenvalue weighted by Gasteiger charge is 2.39. The number of amidine groups is 1. The summed E-state index contributed by atoms with van der Waals surface area (Å²) in [7, 11) is 0. The maximum atomic E-state index is 11.7. The molecule has 0 radical (unpaired) electrons. The maximum Gasteiger partial charge on any atom is 0.408 e. The molecule has 104 valence electrons. The van der Waals surface area contributed by atoms with Crippen LogP contribution in [0, 0.1) is 11.3 Å². The zero-order valence-corrected chi connectivity index (χ0v) is 11.6. The Hall–Kier alpha value is -1.26. The molecule has 0 saturated heterocycles. The Morgan fingerprint density at radius 3 is 2.44 bits per heavy atom. The molecule has 0 atom stereocenters. The van der Waals surface area contributed by atoms with E-state index in [1.807, 2.05) is 0 Å². The lowest BCUT2D eigenvalue weighted by Gasteiger charge is -2.39. The van der Waals surface area contributed by atoms with Crippen LogP contribution in [-0.4, -0.2) is 23.6 Å². The lowest BCUT2D eigenvalue weighted by Crippen LogP contribution is -2.59. The monoisotopic (exact) mass is 255 g/mol. The van der Waals surface area contributed by atoms with Crippen LogP contribution in [0.3, 0.4) is 0 Å². The van der Waals surface area contributed by atoms with E-state index < -0.39 is 11.6 Å². The topological polar surface area (TPSA) is 88.2 Å². The van der Waals surface area contributed by atoms with Gasteiger partial charge in [-0.25, -0.2) is 4.79 Å². The van der Waals surface area contributed by atoms with Crippen molar-refractivity contribution in [3.05, 3.63) is 0 Å². The van der Waals surface area contributed by atoms with Crippen molar-refractivity contribution in [3.8, 4) is 0 Å². The third kappa shape index (κ3) is 3.62. The van der Waals surface area contributed by atoms with Gasteiger partial charge in [-0.2, -0.15) is 0 Å². The number of alkyl carbamates (subject to hydrolysis) is 1. The zero-order valence-electron chi connectivity index (χ0n) is 11.6. The molecule has 0 aromatic carbocycles. The molecule has 0 bridgehead atoms. The van der Waals surface area contributed by atoms with Gasteiger partial charge in [0.05, 0.1) is 6.10 Å². The molecule has 0 aromatic rings. The fraction of sp³-hybridized carbons (Fsp3) is 0.846. The normalized spacial score (nSPS) is 27.9. The van der Waals surface area contributed by atoms with Gasteiger partial charge in [0, 0.05) is 0 Å². The van der Waals surface area contributed by atoms with Gasteiger partial charge in [-0.1, -0.05) is 13.3 Å². The molecule has 0 aromatic heterocycles. The summed E-state index contributed by atoms with van der Waals surface area (Å²) >= 11 is 0. The van der Waals surface area contributed by atoms with Crippen molar-refractivity contribution in [2.24, 2.45) is 11.7 Å². The predicted octanol–water partition coefficient (Wildman–Crippen LogP) is 2.40. The van der Waals surface area contributed by atoms with Gasteiger partial charge in [0.15, 0.2) is 0 Å². The van der Waals surface area contributed by atoms with Crippen molar-refractivity contribution in [1.82, 2.24) is 5.32 Å². The van der Waals surface area contributed by atoms with E-state index in [1.165, 1.54) is 0 Å². The highest BCUT2D eigenvalue weighted by atomic mass is 16.6. The number of carbonyl (C=O) groups excluding carboxylic acids is 1. The molecule has 1 saturated carbocycles. The van der Waals surface area contributed by atoms with Crippen molar-refractivity contribution < 1.29 is 9.53 Å². The van der Waals surface area contributed by atoms with Gasteiger partial charge in [-0.05, 0) is 45.4 Å². The van der Waals surface area contributed by atoms with Gasteiger partial charge in [-0.3, -0.25) is 5.41 Å². The SMILES string of the molecule is CCC1CCC(NC(=O)OC(C)C)(C(=N)N)CC1. The van der Waals surface area contributed by atoms with E-state index in [0.29, 0.717) is 5.92 Å². The minimum atomic E-state index is -0.697. The molecule has 5 heteroatoms. The average Bonchev–Trinajstić information content (AvgIpc) is 2.28. The van der Waals surface area contributed by atoms with E-state index in [9.17, 15) is 4.79 Å². The van der Waals surface area contributed by atoms with Gasteiger partial charge in [0.1, 0.15) is 11.4 Å². The van der Waals surface area contributed by atoms with Gasteiger partial charge < -0.3 is 15.8 Å². The van der Waals surface area contributed by atoms with Crippen LogP contribution in [0.4, 0.5) is 4.79 Å². The second-order valence-electron chi connectivity index (χ2n) is 5.43. The van der Waals surface area contributed by atoms with Crippen LogP contribution in [0.25, 0.3) is 0 Å². The van der Waals surface area contributed by atoms with Crippen molar-refractivity contribution in [2.45, 2.75) is 64.5 Å². The molecule has 0 aliphatic heterocycles. The van der Waals surface area contributed by atoms with Crippen LogP contribution in [0.5, 0.6) is 0 Å². The summed E-state index contributed by atoms with van der Waals surface area (Å²) in [5.41, 5.74) is 4.98. The first kappa shape index (κ1) is 14.8. The van der Waals surface area contributed by atoms with Crippen molar-refractivity contribution in [3.63, 3.8) is 0 Å². The second kappa shape index (κ2) is 6.07. The van der Waals surface area contributed by atoms with Gasteiger partial charge in [-0.15, -0.1) is 0 Å². The molecular formula is C13H25N3O2. The molecule has 1 aliphatic rings. The fourth-order valence-electron chi connectivity index (χ4n) is 2.48. The minimum absolute atomic E-state index is 0.0396. The Labute approximate surface area is 109 Å². The van der Waals surface area contributed by atoms with Gasteiger partial charge in [0.25, 0.3) is 0 Å². The van der Waals surface area contributed by atoms with Crippen LogP contribution < -0.4 is 11.1 Å². The van der Waals surface area contributed by atoms with Crippen LogP contribution in [0.1, 0.15) is 52.9 Å². The van der Waals surface area contributed by atoms with Crippen LogP contribution in [-0.2, 0) is 4.74 Å². The first-order valence-corrected chi connectivity index (χ1v) is 6.73. The Balaban J connectivity index is 2.65. The van der Waals surface area contributed by atoms with Crippen LogP contribution in [0.2, 0.25) is 0 Å². The molecule has 1 rings (SSSR count). The van der Waals surface area contributed by atoms with Gasteiger partial charge in [0.2, 0.25) is 0 Å². The van der Waals surface area contributed by atoms with Crippen molar-refractivity contribution >= 4 is 11.9 Å². The van der Waals surface area contributed by atoms with E-state index in [-0.39, 0.29) is 11.9 Å². The summed E-state index contributed by atoms with van der Waals surface area (Å²) in [4.78, 5) is 11.7. The summed E-state index contributed by atoms with van der Waals surface area (Å²) in [5, 5.41) is 10.5. The summed E-state index contributed by atoms with van der Waals surface area (Å²) < 4.78 is 5.08. The van der Waals surface area contributed by atoms with Gasteiger partial charge >= 0.3 is 6.09 Å². The molecular weight excluding hydrogens is 230 g/mol. The standard InChI is InChI=1S/C13H25N3O2/c1-4-10-5-7-13(8-6-10,11(14)15)16-12(17)18-9(2)3/h9-10H,4-8H2,1-3H3,(H3,14,15)(H,16,17). The van der Waals surface area contributed by atoms with Crippen molar-refractivity contribution in [1.29, 1.82) is 5.41 Å².